The van der Waals surface area contributed by atoms with Crippen LogP contribution in [-0.2, 0) is 6.54 Å². The molecule has 112 valence electrons. The summed E-state index contributed by atoms with van der Waals surface area (Å²) < 4.78 is 4.81. The van der Waals surface area contributed by atoms with Crippen molar-refractivity contribution >= 4 is 29.2 Å². The lowest BCUT2D eigenvalue weighted by Crippen LogP contribution is -2.03. The van der Waals surface area contributed by atoms with E-state index in [0.717, 1.165) is 5.56 Å². The molecular formula is C13H9Cl2N5O2. The Morgan fingerprint density at radius 1 is 1.18 bits per heavy atom. The molecule has 22 heavy (non-hydrogen) atoms. The fraction of sp³-hybridized carbons (Fsp3) is 0.0769. The predicted octanol–water partition coefficient (Wildman–Crippen LogP) is 2.74. The normalized spacial score (nSPS) is 10.6. The van der Waals surface area contributed by atoms with Gasteiger partial charge in [0.15, 0.2) is 0 Å². The molecular weight excluding hydrogens is 329 g/mol. The fourth-order valence-electron chi connectivity index (χ4n) is 1.71. The molecule has 0 amide bonds. The Labute approximate surface area is 134 Å². The zero-order valence-corrected chi connectivity index (χ0v) is 12.5. The number of hydrogen-bond acceptors (Lipinski definition) is 6. The van der Waals surface area contributed by atoms with Crippen molar-refractivity contribution in [3.63, 3.8) is 0 Å². The van der Waals surface area contributed by atoms with Crippen LogP contribution in [0.15, 0.2) is 39.8 Å². The summed E-state index contributed by atoms with van der Waals surface area (Å²) in [7, 11) is 0. The molecule has 0 aliphatic carbocycles. The smallest absolute Gasteiger partial charge is 0.388 e. The van der Waals surface area contributed by atoms with E-state index in [9.17, 15) is 4.79 Å². The molecule has 0 radical (unpaired) electrons. The van der Waals surface area contributed by atoms with Gasteiger partial charge in [0.25, 0.3) is 5.89 Å². The number of rotatable bonds is 4. The second-order valence-corrected chi connectivity index (χ2v) is 5.13. The van der Waals surface area contributed by atoms with Crippen LogP contribution in [0, 0.1) is 0 Å². The molecule has 1 aromatic carbocycles. The van der Waals surface area contributed by atoms with Gasteiger partial charge in [-0.05, 0) is 17.7 Å². The largest absolute Gasteiger partial charge is 0.434 e. The number of nitrogens with one attached hydrogen (secondary N) is 2. The first-order chi connectivity index (χ1) is 10.6. The minimum absolute atomic E-state index is 0.140. The third-order valence-electron chi connectivity index (χ3n) is 2.77. The van der Waals surface area contributed by atoms with Gasteiger partial charge >= 0.3 is 5.76 Å². The summed E-state index contributed by atoms with van der Waals surface area (Å²) in [6.07, 6.45) is 3.01. The summed E-state index contributed by atoms with van der Waals surface area (Å²) in [6, 6.07) is 5.35. The zero-order chi connectivity index (χ0) is 15.5. The molecule has 9 heteroatoms. The Morgan fingerprint density at radius 2 is 1.95 bits per heavy atom. The van der Waals surface area contributed by atoms with Crippen LogP contribution in [0.3, 0.4) is 0 Å². The van der Waals surface area contributed by atoms with Crippen LogP contribution in [0.4, 0.5) is 5.95 Å². The van der Waals surface area contributed by atoms with E-state index in [1.165, 1.54) is 12.4 Å². The first-order valence-corrected chi connectivity index (χ1v) is 6.93. The van der Waals surface area contributed by atoms with Crippen molar-refractivity contribution in [2.45, 2.75) is 6.54 Å². The van der Waals surface area contributed by atoms with E-state index in [4.69, 9.17) is 27.6 Å². The number of benzene rings is 1. The molecule has 0 spiro atoms. The Balaban J connectivity index is 1.68. The number of H-pyrrole nitrogens is 1. The maximum absolute atomic E-state index is 10.9. The molecule has 2 N–H and O–H groups in total. The van der Waals surface area contributed by atoms with Gasteiger partial charge in [0.2, 0.25) is 5.95 Å². The summed E-state index contributed by atoms with van der Waals surface area (Å²) in [5.41, 5.74) is 1.44. The van der Waals surface area contributed by atoms with Crippen molar-refractivity contribution in [3.05, 3.63) is 56.8 Å². The summed E-state index contributed by atoms with van der Waals surface area (Å²) in [5, 5.41) is 9.91. The van der Waals surface area contributed by atoms with Crippen LogP contribution in [0.1, 0.15) is 5.56 Å². The molecule has 7 nitrogen and oxygen atoms in total. The third-order valence-corrected chi connectivity index (χ3v) is 3.51. The van der Waals surface area contributed by atoms with Gasteiger partial charge in [0.1, 0.15) is 0 Å². The van der Waals surface area contributed by atoms with Crippen LogP contribution in [0.5, 0.6) is 0 Å². The minimum atomic E-state index is -0.628. The van der Waals surface area contributed by atoms with Gasteiger partial charge in [-0.15, -0.1) is 5.10 Å². The lowest BCUT2D eigenvalue weighted by atomic mass is 10.2. The quantitative estimate of drug-likeness (QED) is 0.759. The molecule has 0 bridgehead atoms. The van der Waals surface area contributed by atoms with Crippen molar-refractivity contribution < 1.29 is 4.42 Å². The Morgan fingerprint density at radius 3 is 2.59 bits per heavy atom. The molecule has 0 aliphatic rings. The van der Waals surface area contributed by atoms with Gasteiger partial charge in [-0.25, -0.2) is 19.9 Å². The summed E-state index contributed by atoms with van der Waals surface area (Å²) >= 11 is 11.8. The monoisotopic (exact) mass is 337 g/mol. The number of nitrogens with zero attached hydrogens (tertiary/aromatic N) is 3. The molecule has 3 aromatic rings. The maximum Gasteiger partial charge on any atom is 0.434 e. The van der Waals surface area contributed by atoms with Crippen LogP contribution in [-0.4, -0.2) is 20.2 Å². The van der Waals surface area contributed by atoms with Crippen molar-refractivity contribution in [3.8, 4) is 11.5 Å². The molecule has 0 saturated carbocycles. The van der Waals surface area contributed by atoms with E-state index in [2.05, 4.69) is 25.5 Å². The molecule has 0 saturated heterocycles. The summed E-state index contributed by atoms with van der Waals surface area (Å²) in [5.74, 6) is -0.0643. The highest BCUT2D eigenvalue weighted by Crippen LogP contribution is 2.22. The van der Waals surface area contributed by atoms with Crippen molar-refractivity contribution in [2.24, 2.45) is 0 Å². The van der Waals surface area contributed by atoms with E-state index in [-0.39, 0.29) is 5.89 Å². The molecule has 2 aromatic heterocycles. The minimum Gasteiger partial charge on any atom is -0.388 e. The van der Waals surface area contributed by atoms with Crippen LogP contribution >= 0.6 is 23.2 Å². The second-order valence-electron chi connectivity index (χ2n) is 4.32. The Kier molecular flexibility index (Phi) is 4.08. The number of hydrogen-bond donors (Lipinski definition) is 2. The van der Waals surface area contributed by atoms with Gasteiger partial charge in [0, 0.05) is 18.9 Å². The van der Waals surface area contributed by atoms with Crippen molar-refractivity contribution in [2.75, 3.05) is 5.32 Å². The second kappa shape index (κ2) is 6.17. The van der Waals surface area contributed by atoms with Crippen LogP contribution in [0.25, 0.3) is 11.5 Å². The molecule has 3 rings (SSSR count). The van der Waals surface area contributed by atoms with Crippen LogP contribution in [0.2, 0.25) is 10.0 Å². The van der Waals surface area contributed by atoms with Gasteiger partial charge in [-0.2, -0.15) is 0 Å². The molecule has 0 atom stereocenters. The highest BCUT2D eigenvalue weighted by molar-refractivity contribution is 6.42. The number of anilines is 1. The summed E-state index contributed by atoms with van der Waals surface area (Å²) in [6.45, 7) is 0.494. The van der Waals surface area contributed by atoms with Crippen LogP contribution < -0.4 is 11.1 Å². The van der Waals surface area contributed by atoms with E-state index in [1.54, 1.807) is 12.1 Å². The van der Waals surface area contributed by atoms with Gasteiger partial charge in [-0.3, -0.25) is 0 Å². The van der Waals surface area contributed by atoms with E-state index < -0.39 is 5.76 Å². The number of halogens is 2. The van der Waals surface area contributed by atoms with Crippen molar-refractivity contribution in [1.82, 2.24) is 20.2 Å². The predicted molar refractivity (Wildman–Crippen MR) is 81.9 cm³/mol. The maximum atomic E-state index is 10.9. The first kappa shape index (κ1) is 14.6. The number of aromatic nitrogens is 4. The van der Waals surface area contributed by atoms with Crippen molar-refractivity contribution in [1.29, 1.82) is 0 Å². The highest BCUT2D eigenvalue weighted by atomic mass is 35.5. The Bertz CT molecular complexity index is 844. The molecule has 0 unspecified atom stereocenters. The third kappa shape index (κ3) is 3.26. The molecule has 0 aliphatic heterocycles. The van der Waals surface area contributed by atoms with E-state index in [1.807, 2.05) is 6.07 Å². The summed E-state index contributed by atoms with van der Waals surface area (Å²) in [4.78, 5) is 19.1. The Hall–Kier alpha value is -2.38. The molecule has 2 heterocycles. The number of aromatic amines is 1. The van der Waals surface area contributed by atoms with Gasteiger partial charge in [-0.1, -0.05) is 29.3 Å². The van der Waals surface area contributed by atoms with Gasteiger partial charge < -0.3 is 9.73 Å². The lowest BCUT2D eigenvalue weighted by molar-refractivity contribution is 0.526. The topological polar surface area (TPSA) is 96.7 Å². The SMILES string of the molecule is O=c1[nH]nc(-c2cnc(NCc3ccc(Cl)c(Cl)c3)nc2)o1. The average Bonchev–Trinajstić information content (AvgIpc) is 2.95. The molecule has 0 fully saturated rings. The van der Waals surface area contributed by atoms with Gasteiger partial charge in [0.05, 0.1) is 15.6 Å². The standard InChI is InChI=1S/C13H9Cl2N5O2/c14-9-2-1-7(3-10(9)15)4-16-12-17-5-8(6-18-12)11-19-20-13(21)22-11/h1-3,5-6H,4H2,(H,20,21)(H,16,17,18). The first-order valence-electron chi connectivity index (χ1n) is 6.17. The average molecular weight is 338 g/mol. The highest BCUT2D eigenvalue weighted by Gasteiger charge is 2.07. The lowest BCUT2D eigenvalue weighted by Gasteiger charge is -2.06. The van der Waals surface area contributed by atoms with E-state index >= 15 is 0 Å². The van der Waals surface area contributed by atoms with E-state index in [0.29, 0.717) is 28.1 Å². The zero-order valence-electron chi connectivity index (χ0n) is 11.0. The fourth-order valence-corrected chi connectivity index (χ4v) is 2.03.